The highest BCUT2D eigenvalue weighted by atomic mass is 32.2. The Labute approximate surface area is 173 Å². The van der Waals surface area contributed by atoms with Crippen molar-refractivity contribution in [1.82, 2.24) is 20.1 Å². The number of amides is 1. The maximum atomic E-state index is 12.5. The Morgan fingerprint density at radius 1 is 1.14 bits per heavy atom. The van der Waals surface area contributed by atoms with Crippen LogP contribution in [0.1, 0.15) is 0 Å². The number of nitrogens with one attached hydrogen (secondary N) is 1. The Hall–Kier alpha value is -2.91. The molecule has 0 bridgehead atoms. The van der Waals surface area contributed by atoms with E-state index >= 15 is 0 Å². The second kappa shape index (κ2) is 9.06. The van der Waals surface area contributed by atoms with Crippen molar-refractivity contribution in [3.05, 3.63) is 48.8 Å². The number of aromatic nitrogens is 3. The van der Waals surface area contributed by atoms with Crippen LogP contribution in [0.15, 0.2) is 58.4 Å². The van der Waals surface area contributed by atoms with E-state index in [1.165, 1.54) is 11.8 Å². The molecule has 0 spiro atoms. The van der Waals surface area contributed by atoms with Crippen molar-refractivity contribution < 1.29 is 9.21 Å². The summed E-state index contributed by atoms with van der Waals surface area (Å²) in [6, 6.07) is 11.6. The van der Waals surface area contributed by atoms with Crippen molar-refractivity contribution in [2.45, 2.75) is 5.22 Å². The minimum absolute atomic E-state index is 0.113. The van der Waals surface area contributed by atoms with E-state index in [9.17, 15) is 4.79 Å². The zero-order valence-corrected chi connectivity index (χ0v) is 16.9. The molecular formula is C20H22N6O2S. The number of nitrogens with zero attached hydrogens (tertiary/aromatic N) is 5. The summed E-state index contributed by atoms with van der Waals surface area (Å²) in [6.07, 6.45) is 3.34. The summed E-state index contributed by atoms with van der Waals surface area (Å²) in [5.74, 6) is 0.463. The molecule has 0 unspecified atom stereocenters. The standard InChI is InChI=1S/C20H22N6O2S/c1-25-9-11-26(12-10-25)17-7-3-2-6-16(17)22-18(27)14-29-20-24-23-19(28-20)15-5-4-8-21-13-15/h2-8,13H,9-12,14H2,1H3,(H,22,27). The molecule has 1 N–H and O–H groups in total. The van der Waals surface area contributed by atoms with E-state index in [4.69, 9.17) is 4.42 Å². The molecule has 1 fully saturated rings. The summed E-state index contributed by atoms with van der Waals surface area (Å²) >= 11 is 1.21. The lowest BCUT2D eigenvalue weighted by Crippen LogP contribution is -2.44. The van der Waals surface area contributed by atoms with Crippen LogP contribution in [0.3, 0.4) is 0 Å². The predicted molar refractivity (Wildman–Crippen MR) is 113 cm³/mol. The summed E-state index contributed by atoms with van der Waals surface area (Å²) in [5, 5.41) is 11.4. The fourth-order valence-corrected chi connectivity index (χ4v) is 3.65. The van der Waals surface area contributed by atoms with Crippen molar-refractivity contribution in [3.8, 4) is 11.5 Å². The van der Waals surface area contributed by atoms with E-state index in [0.29, 0.717) is 11.1 Å². The van der Waals surface area contributed by atoms with Gasteiger partial charge >= 0.3 is 0 Å². The molecule has 1 aliphatic heterocycles. The lowest BCUT2D eigenvalue weighted by atomic mass is 10.2. The van der Waals surface area contributed by atoms with Gasteiger partial charge in [0.15, 0.2) is 0 Å². The Balaban J connectivity index is 1.35. The first-order chi connectivity index (χ1) is 14.2. The minimum Gasteiger partial charge on any atom is -0.411 e. The highest BCUT2D eigenvalue weighted by molar-refractivity contribution is 7.99. The topological polar surface area (TPSA) is 87.4 Å². The van der Waals surface area contributed by atoms with Gasteiger partial charge in [0.2, 0.25) is 11.8 Å². The molecule has 1 saturated heterocycles. The molecule has 4 rings (SSSR count). The SMILES string of the molecule is CN1CCN(c2ccccc2NC(=O)CSc2nnc(-c3cccnc3)o2)CC1. The highest BCUT2D eigenvalue weighted by Crippen LogP contribution is 2.27. The van der Waals surface area contributed by atoms with Gasteiger partial charge in [-0.05, 0) is 31.3 Å². The van der Waals surface area contributed by atoms with Crippen LogP contribution in [0, 0.1) is 0 Å². The summed E-state index contributed by atoms with van der Waals surface area (Å²) < 4.78 is 5.61. The molecule has 1 aliphatic rings. The number of thioether (sulfide) groups is 1. The molecule has 1 aromatic carbocycles. The van der Waals surface area contributed by atoms with Gasteiger partial charge in [0.05, 0.1) is 22.7 Å². The van der Waals surface area contributed by atoms with E-state index < -0.39 is 0 Å². The molecule has 0 atom stereocenters. The predicted octanol–water partition coefficient (Wildman–Crippen LogP) is 2.61. The first-order valence-corrected chi connectivity index (χ1v) is 10.4. The number of carbonyl (C=O) groups is 1. The first kappa shape index (κ1) is 19.4. The monoisotopic (exact) mass is 410 g/mol. The molecule has 3 aromatic rings. The van der Waals surface area contributed by atoms with Crippen molar-refractivity contribution in [2.24, 2.45) is 0 Å². The van der Waals surface area contributed by atoms with E-state index in [-0.39, 0.29) is 11.7 Å². The molecule has 29 heavy (non-hydrogen) atoms. The highest BCUT2D eigenvalue weighted by Gasteiger charge is 2.18. The largest absolute Gasteiger partial charge is 0.411 e. The zero-order chi connectivity index (χ0) is 20.1. The van der Waals surface area contributed by atoms with Crippen LogP contribution < -0.4 is 10.2 Å². The minimum atomic E-state index is -0.113. The van der Waals surface area contributed by atoms with Crippen molar-refractivity contribution in [1.29, 1.82) is 0 Å². The summed E-state index contributed by atoms with van der Waals surface area (Å²) in [5.41, 5.74) is 2.62. The third kappa shape index (κ3) is 4.93. The van der Waals surface area contributed by atoms with E-state index in [2.05, 4.69) is 37.3 Å². The average Bonchev–Trinajstić information content (AvgIpc) is 3.23. The maximum absolute atomic E-state index is 12.5. The molecular weight excluding hydrogens is 388 g/mol. The van der Waals surface area contributed by atoms with Crippen LogP contribution in [0.5, 0.6) is 0 Å². The van der Waals surface area contributed by atoms with Gasteiger partial charge in [-0.1, -0.05) is 23.9 Å². The summed E-state index contributed by atoms with van der Waals surface area (Å²) in [4.78, 5) is 21.1. The lowest BCUT2D eigenvalue weighted by molar-refractivity contribution is -0.113. The Morgan fingerprint density at radius 2 is 1.97 bits per heavy atom. The van der Waals surface area contributed by atoms with Crippen LogP contribution in [0.2, 0.25) is 0 Å². The normalized spacial score (nSPS) is 14.7. The number of carbonyl (C=O) groups excluding carboxylic acids is 1. The van der Waals surface area contributed by atoms with Gasteiger partial charge in [-0.25, -0.2) is 0 Å². The molecule has 3 heterocycles. The number of hydrogen-bond acceptors (Lipinski definition) is 8. The van der Waals surface area contributed by atoms with Crippen molar-refractivity contribution in [2.75, 3.05) is 49.2 Å². The summed E-state index contributed by atoms with van der Waals surface area (Å²) in [6.45, 7) is 3.90. The maximum Gasteiger partial charge on any atom is 0.277 e. The number of likely N-dealkylation sites (N-methyl/N-ethyl adjacent to an activating group) is 1. The molecule has 2 aromatic heterocycles. The van der Waals surface area contributed by atoms with Crippen molar-refractivity contribution >= 4 is 29.0 Å². The molecule has 8 nitrogen and oxygen atoms in total. The molecule has 0 radical (unpaired) electrons. The number of pyridine rings is 1. The third-order valence-electron chi connectivity index (χ3n) is 4.66. The van der Waals surface area contributed by atoms with Crippen LogP contribution >= 0.6 is 11.8 Å². The molecule has 150 valence electrons. The van der Waals surface area contributed by atoms with Gasteiger partial charge in [0, 0.05) is 38.6 Å². The molecule has 0 saturated carbocycles. The Morgan fingerprint density at radius 3 is 2.76 bits per heavy atom. The number of rotatable bonds is 6. The summed E-state index contributed by atoms with van der Waals surface area (Å²) in [7, 11) is 2.12. The number of benzene rings is 1. The molecule has 0 aliphatic carbocycles. The lowest BCUT2D eigenvalue weighted by Gasteiger charge is -2.35. The van der Waals surface area contributed by atoms with Crippen LogP contribution in [0.4, 0.5) is 11.4 Å². The Bertz CT molecular complexity index is 956. The zero-order valence-electron chi connectivity index (χ0n) is 16.1. The second-order valence-corrected chi connectivity index (χ2v) is 7.69. The van der Waals surface area contributed by atoms with Gasteiger partial charge in [0.25, 0.3) is 5.22 Å². The number of hydrogen-bond donors (Lipinski definition) is 1. The van der Waals surface area contributed by atoms with Gasteiger partial charge in [0.1, 0.15) is 0 Å². The van der Waals surface area contributed by atoms with E-state index in [0.717, 1.165) is 43.1 Å². The van der Waals surface area contributed by atoms with Crippen molar-refractivity contribution in [3.63, 3.8) is 0 Å². The number of anilines is 2. The fraction of sp³-hybridized carbons (Fsp3) is 0.300. The first-order valence-electron chi connectivity index (χ1n) is 9.38. The quantitative estimate of drug-likeness (QED) is 0.621. The van der Waals surface area contributed by atoms with Gasteiger partial charge < -0.3 is 19.5 Å². The number of piperazine rings is 1. The van der Waals surface area contributed by atoms with E-state index in [1.54, 1.807) is 18.5 Å². The van der Waals surface area contributed by atoms with Crippen LogP contribution in [-0.4, -0.2) is 65.0 Å². The molecule has 1 amide bonds. The smallest absolute Gasteiger partial charge is 0.277 e. The number of para-hydroxylation sites is 2. The van der Waals surface area contributed by atoms with Gasteiger partial charge in [-0.3, -0.25) is 9.78 Å². The van der Waals surface area contributed by atoms with Crippen LogP contribution in [0.25, 0.3) is 11.5 Å². The van der Waals surface area contributed by atoms with Crippen LogP contribution in [-0.2, 0) is 4.79 Å². The Kier molecular flexibility index (Phi) is 6.06. The van der Waals surface area contributed by atoms with E-state index in [1.807, 2.05) is 30.3 Å². The average molecular weight is 411 g/mol. The fourth-order valence-electron chi connectivity index (χ4n) is 3.09. The van der Waals surface area contributed by atoms with Gasteiger partial charge in [-0.15, -0.1) is 10.2 Å². The molecule has 9 heteroatoms. The van der Waals surface area contributed by atoms with Gasteiger partial charge in [-0.2, -0.15) is 0 Å². The second-order valence-electron chi connectivity index (χ2n) is 6.76. The third-order valence-corrected chi connectivity index (χ3v) is 5.48.